The number of rotatable bonds is 1. The van der Waals surface area contributed by atoms with E-state index in [2.05, 4.69) is 46.7 Å². The fourth-order valence-corrected chi connectivity index (χ4v) is 2.17. The maximum Gasteiger partial charge on any atom is 0.223 e. The van der Waals surface area contributed by atoms with Crippen LogP contribution in [0.4, 0.5) is 0 Å². The predicted molar refractivity (Wildman–Crippen MR) is 60.4 cm³/mol. The van der Waals surface area contributed by atoms with Crippen LogP contribution in [0, 0.1) is 0 Å². The van der Waals surface area contributed by atoms with E-state index in [1.165, 1.54) is 0 Å². The topological polar surface area (TPSA) is 25.8 Å². The molecule has 0 bridgehead atoms. The molecule has 0 aliphatic rings. The summed E-state index contributed by atoms with van der Waals surface area (Å²) in [5.41, 5.74) is 0. The minimum absolute atomic E-state index is 0.125. The number of halogens is 2. The van der Waals surface area contributed by atoms with Crippen molar-refractivity contribution in [3.05, 3.63) is 16.0 Å². The van der Waals surface area contributed by atoms with E-state index in [-0.39, 0.29) is 10.0 Å². The third-order valence-electron chi connectivity index (χ3n) is 1.09. The summed E-state index contributed by atoms with van der Waals surface area (Å²) in [6, 6.07) is 0. The molecule has 13 heavy (non-hydrogen) atoms. The number of hydrogen-bond acceptors (Lipinski definition) is 3. The van der Waals surface area contributed by atoms with E-state index < -0.39 is 0 Å². The van der Waals surface area contributed by atoms with E-state index in [0.29, 0.717) is 0 Å². The van der Waals surface area contributed by atoms with Gasteiger partial charge >= 0.3 is 0 Å². The van der Waals surface area contributed by atoms with E-state index in [0.717, 1.165) is 9.50 Å². The van der Waals surface area contributed by atoms with Crippen molar-refractivity contribution < 1.29 is 0 Å². The van der Waals surface area contributed by atoms with Gasteiger partial charge in [-0.1, -0.05) is 32.5 Å². The number of aromatic nitrogens is 2. The third-order valence-corrected chi connectivity index (χ3v) is 3.23. The standard InChI is InChI=1S/C8H10BrClN2S/c1-8(2,3)13-6-5(9)4-11-7(10)12-6/h4H,1-3H3. The summed E-state index contributed by atoms with van der Waals surface area (Å²) in [4.78, 5) is 7.99. The summed E-state index contributed by atoms with van der Waals surface area (Å²) in [5, 5.41) is 1.17. The Labute approximate surface area is 95.6 Å². The van der Waals surface area contributed by atoms with Crippen LogP contribution in [-0.2, 0) is 0 Å². The first-order valence-corrected chi connectivity index (χ1v) is 5.74. The molecule has 0 N–H and O–H groups in total. The number of thioether (sulfide) groups is 1. The lowest BCUT2D eigenvalue weighted by Gasteiger charge is -2.17. The molecule has 0 atom stereocenters. The zero-order chi connectivity index (χ0) is 10.1. The van der Waals surface area contributed by atoms with Crippen LogP contribution in [0.2, 0.25) is 5.28 Å². The molecule has 0 unspecified atom stereocenters. The monoisotopic (exact) mass is 280 g/mol. The molecule has 0 saturated carbocycles. The summed E-state index contributed by atoms with van der Waals surface area (Å²) >= 11 is 10.7. The van der Waals surface area contributed by atoms with Crippen molar-refractivity contribution in [2.24, 2.45) is 0 Å². The molecule has 0 radical (unpaired) electrons. The van der Waals surface area contributed by atoms with Crippen LogP contribution in [-0.4, -0.2) is 14.7 Å². The molecule has 0 saturated heterocycles. The van der Waals surface area contributed by atoms with Crippen LogP contribution >= 0.6 is 39.3 Å². The SMILES string of the molecule is CC(C)(C)Sc1nc(Cl)ncc1Br. The van der Waals surface area contributed by atoms with Crippen molar-refractivity contribution in [2.75, 3.05) is 0 Å². The number of nitrogens with zero attached hydrogens (tertiary/aromatic N) is 2. The molecule has 0 spiro atoms. The highest BCUT2D eigenvalue weighted by Crippen LogP contribution is 2.34. The average Bonchev–Trinajstić information content (AvgIpc) is 1.94. The summed E-state index contributed by atoms with van der Waals surface area (Å²) in [6.07, 6.45) is 1.67. The largest absolute Gasteiger partial charge is 0.225 e. The molecule has 72 valence electrons. The maximum absolute atomic E-state index is 5.69. The lowest BCUT2D eigenvalue weighted by Crippen LogP contribution is -2.07. The number of hydrogen-bond donors (Lipinski definition) is 0. The Balaban J connectivity index is 2.94. The summed E-state index contributed by atoms with van der Waals surface area (Å²) in [6.45, 7) is 6.38. The minimum Gasteiger partial charge on any atom is -0.225 e. The quantitative estimate of drug-likeness (QED) is 0.445. The summed E-state index contributed by atoms with van der Waals surface area (Å²) < 4.78 is 1.01. The molecule has 0 aromatic carbocycles. The third kappa shape index (κ3) is 3.83. The van der Waals surface area contributed by atoms with Gasteiger partial charge in [0.05, 0.1) is 4.47 Å². The Bertz CT molecular complexity index is 312. The molecule has 1 aromatic rings. The van der Waals surface area contributed by atoms with Gasteiger partial charge in [-0.2, -0.15) is 0 Å². The van der Waals surface area contributed by atoms with E-state index >= 15 is 0 Å². The molecule has 0 fully saturated rings. The van der Waals surface area contributed by atoms with Crippen molar-refractivity contribution in [1.82, 2.24) is 9.97 Å². The van der Waals surface area contributed by atoms with Gasteiger partial charge in [-0.05, 0) is 27.5 Å². The fourth-order valence-electron chi connectivity index (χ4n) is 0.693. The van der Waals surface area contributed by atoms with Gasteiger partial charge in [0, 0.05) is 10.9 Å². The second-order valence-corrected chi connectivity index (χ2v) is 6.51. The van der Waals surface area contributed by atoms with Crippen LogP contribution in [0.25, 0.3) is 0 Å². The van der Waals surface area contributed by atoms with Gasteiger partial charge in [-0.15, -0.1) is 0 Å². The maximum atomic E-state index is 5.69. The molecular formula is C8H10BrClN2S. The smallest absolute Gasteiger partial charge is 0.223 e. The molecule has 1 aromatic heterocycles. The first-order chi connectivity index (χ1) is 5.88. The predicted octanol–water partition coefficient (Wildman–Crippen LogP) is 3.78. The molecule has 2 nitrogen and oxygen atoms in total. The zero-order valence-corrected chi connectivity index (χ0v) is 10.8. The van der Waals surface area contributed by atoms with Gasteiger partial charge in [0.2, 0.25) is 5.28 Å². The lowest BCUT2D eigenvalue weighted by molar-refractivity contribution is 0.797. The minimum atomic E-state index is 0.125. The first kappa shape index (κ1) is 11.3. The van der Waals surface area contributed by atoms with E-state index in [4.69, 9.17) is 11.6 Å². The van der Waals surface area contributed by atoms with E-state index in [9.17, 15) is 0 Å². The van der Waals surface area contributed by atoms with Gasteiger partial charge in [0.25, 0.3) is 0 Å². The van der Waals surface area contributed by atoms with Gasteiger partial charge in [-0.25, -0.2) is 9.97 Å². The Morgan fingerprint density at radius 1 is 1.46 bits per heavy atom. The van der Waals surface area contributed by atoms with Gasteiger partial charge < -0.3 is 0 Å². The highest BCUT2D eigenvalue weighted by molar-refractivity contribution is 9.10. The molecule has 0 amide bonds. The second-order valence-electron chi connectivity index (χ2n) is 3.51. The van der Waals surface area contributed by atoms with Gasteiger partial charge in [0.15, 0.2) is 0 Å². The van der Waals surface area contributed by atoms with E-state index in [1.54, 1.807) is 18.0 Å². The Morgan fingerprint density at radius 3 is 2.62 bits per heavy atom. The molecule has 0 aliphatic heterocycles. The van der Waals surface area contributed by atoms with Crippen molar-refractivity contribution in [3.63, 3.8) is 0 Å². The molecular weight excluding hydrogens is 272 g/mol. The highest BCUT2D eigenvalue weighted by Gasteiger charge is 2.15. The Kier molecular flexibility index (Phi) is 3.60. The molecule has 0 aliphatic carbocycles. The van der Waals surface area contributed by atoms with Gasteiger partial charge in [0.1, 0.15) is 5.03 Å². The Morgan fingerprint density at radius 2 is 2.08 bits per heavy atom. The fraction of sp³-hybridized carbons (Fsp3) is 0.500. The van der Waals surface area contributed by atoms with Crippen molar-refractivity contribution in [3.8, 4) is 0 Å². The molecule has 5 heteroatoms. The zero-order valence-electron chi connectivity index (χ0n) is 7.64. The van der Waals surface area contributed by atoms with Gasteiger partial charge in [-0.3, -0.25) is 0 Å². The first-order valence-electron chi connectivity index (χ1n) is 3.75. The van der Waals surface area contributed by atoms with Crippen LogP contribution in [0.3, 0.4) is 0 Å². The van der Waals surface area contributed by atoms with Crippen LogP contribution < -0.4 is 0 Å². The van der Waals surface area contributed by atoms with Crippen LogP contribution in [0.1, 0.15) is 20.8 Å². The normalized spacial score (nSPS) is 11.8. The Hall–Kier alpha value is 0.200. The summed E-state index contributed by atoms with van der Waals surface area (Å²) in [7, 11) is 0. The van der Waals surface area contributed by atoms with Crippen molar-refractivity contribution in [2.45, 2.75) is 30.5 Å². The summed E-state index contributed by atoms with van der Waals surface area (Å²) in [5.74, 6) is 0. The van der Waals surface area contributed by atoms with Crippen molar-refractivity contribution >= 4 is 39.3 Å². The molecule has 1 rings (SSSR count). The lowest BCUT2D eigenvalue weighted by atomic mass is 10.3. The van der Waals surface area contributed by atoms with E-state index in [1.807, 2.05) is 0 Å². The van der Waals surface area contributed by atoms with Crippen molar-refractivity contribution in [1.29, 1.82) is 0 Å². The average molecular weight is 282 g/mol. The highest BCUT2D eigenvalue weighted by atomic mass is 79.9. The van der Waals surface area contributed by atoms with Crippen LogP contribution in [0.5, 0.6) is 0 Å². The molecule has 1 heterocycles. The van der Waals surface area contributed by atoms with Crippen LogP contribution in [0.15, 0.2) is 15.7 Å². The second kappa shape index (κ2) is 4.15.